The highest BCUT2D eigenvalue weighted by atomic mass is 32.2. The molecule has 0 bridgehead atoms. The van der Waals surface area contributed by atoms with E-state index < -0.39 is 22.1 Å². The first-order valence-electron chi connectivity index (χ1n) is 11.0. The summed E-state index contributed by atoms with van der Waals surface area (Å²) in [5.74, 6) is -0.652. The molecule has 1 aromatic carbocycles. The molecule has 1 aliphatic carbocycles. The second-order valence-electron chi connectivity index (χ2n) is 8.03. The van der Waals surface area contributed by atoms with E-state index in [1.165, 1.54) is 17.4 Å². The topological polar surface area (TPSA) is 118 Å². The average molecular weight is 491 g/mol. The Morgan fingerprint density at radius 2 is 2.03 bits per heavy atom. The summed E-state index contributed by atoms with van der Waals surface area (Å²) in [6, 6.07) is 6.57. The Morgan fingerprint density at radius 1 is 1.27 bits per heavy atom. The van der Waals surface area contributed by atoms with E-state index >= 15 is 0 Å². The molecule has 2 aromatic rings. The largest absolute Gasteiger partial charge is 0.452 e. The van der Waals surface area contributed by atoms with Crippen molar-refractivity contribution >= 4 is 44.2 Å². The zero-order valence-corrected chi connectivity index (χ0v) is 19.9. The van der Waals surface area contributed by atoms with Crippen molar-refractivity contribution in [1.82, 2.24) is 9.71 Å². The van der Waals surface area contributed by atoms with E-state index in [-0.39, 0.29) is 35.6 Å². The number of amides is 1. The number of aromatic nitrogens is 1. The molecule has 0 saturated heterocycles. The van der Waals surface area contributed by atoms with Crippen molar-refractivity contribution < 1.29 is 22.7 Å². The van der Waals surface area contributed by atoms with Crippen LogP contribution in [0.5, 0.6) is 0 Å². The Labute approximate surface area is 196 Å². The number of anilines is 1. The van der Waals surface area contributed by atoms with Gasteiger partial charge >= 0.3 is 5.97 Å². The van der Waals surface area contributed by atoms with E-state index in [4.69, 9.17) is 4.74 Å². The average Bonchev–Trinajstić information content (AvgIpc) is 3.41. The van der Waals surface area contributed by atoms with Crippen LogP contribution in [0.2, 0.25) is 0 Å². The molecule has 1 fully saturated rings. The number of rotatable bonds is 7. The van der Waals surface area contributed by atoms with Crippen molar-refractivity contribution in [3.05, 3.63) is 41.4 Å². The molecule has 176 valence electrons. The molecule has 9 nitrogen and oxygen atoms in total. The van der Waals surface area contributed by atoms with Crippen LogP contribution in [0.15, 0.2) is 45.7 Å². The van der Waals surface area contributed by atoms with Gasteiger partial charge in [-0.1, -0.05) is 31.4 Å². The van der Waals surface area contributed by atoms with Gasteiger partial charge in [-0.3, -0.25) is 24.2 Å². The highest BCUT2D eigenvalue weighted by Gasteiger charge is 2.33. The first-order chi connectivity index (χ1) is 15.9. The molecule has 1 atom stereocenters. The minimum absolute atomic E-state index is 0.0325. The maximum absolute atomic E-state index is 13.2. The van der Waals surface area contributed by atoms with E-state index in [1.807, 2.05) is 5.38 Å². The summed E-state index contributed by atoms with van der Waals surface area (Å²) in [6.07, 6.45) is 5.70. The van der Waals surface area contributed by atoms with Crippen molar-refractivity contribution in [2.45, 2.75) is 62.5 Å². The zero-order chi connectivity index (χ0) is 23.4. The molecule has 1 unspecified atom stereocenters. The molecule has 1 saturated carbocycles. The van der Waals surface area contributed by atoms with Crippen molar-refractivity contribution in [2.24, 2.45) is 4.99 Å². The standard InChI is InChI=1S/C22H26N4O5S2/c1-15(21(28)26(22-24-13-14-32-22)16-7-3-2-4-8-16)31-19(27)11-12-23-20-17-9-5-6-10-18(17)33(29,30)25-20/h5-6,9-10,13-16H,2-4,7-8,11-12H2,1H3,(H,23,25). The van der Waals surface area contributed by atoms with Crippen LogP contribution in [-0.2, 0) is 24.3 Å². The highest BCUT2D eigenvalue weighted by Crippen LogP contribution is 2.29. The fourth-order valence-electron chi connectivity index (χ4n) is 4.12. The minimum atomic E-state index is -3.63. The second-order valence-corrected chi connectivity index (χ2v) is 10.6. The van der Waals surface area contributed by atoms with E-state index in [0.29, 0.717) is 10.7 Å². The number of amidine groups is 1. The summed E-state index contributed by atoms with van der Waals surface area (Å²) in [7, 11) is -3.63. The number of thiazole rings is 1. The van der Waals surface area contributed by atoms with Crippen LogP contribution in [0.1, 0.15) is 51.0 Å². The molecular weight excluding hydrogens is 464 g/mol. The smallest absolute Gasteiger partial charge is 0.308 e. The number of ether oxygens (including phenoxy) is 1. The summed E-state index contributed by atoms with van der Waals surface area (Å²) in [4.78, 5) is 35.9. The van der Waals surface area contributed by atoms with Crippen molar-refractivity contribution in [2.75, 3.05) is 11.4 Å². The summed E-state index contributed by atoms with van der Waals surface area (Å²) < 4.78 is 32.1. The van der Waals surface area contributed by atoms with Gasteiger partial charge in [-0.05, 0) is 31.9 Å². The van der Waals surface area contributed by atoms with Crippen LogP contribution in [0.25, 0.3) is 0 Å². The van der Waals surface area contributed by atoms with Gasteiger partial charge in [0.15, 0.2) is 11.2 Å². The van der Waals surface area contributed by atoms with Crippen LogP contribution in [0.4, 0.5) is 5.13 Å². The predicted octanol–water partition coefficient (Wildman–Crippen LogP) is 2.87. The minimum Gasteiger partial charge on any atom is -0.452 e. The van der Waals surface area contributed by atoms with Crippen LogP contribution < -0.4 is 9.62 Å². The van der Waals surface area contributed by atoms with Crippen LogP contribution in [-0.4, -0.2) is 49.8 Å². The van der Waals surface area contributed by atoms with Gasteiger partial charge in [-0.15, -0.1) is 11.3 Å². The van der Waals surface area contributed by atoms with Gasteiger partial charge in [0.05, 0.1) is 17.9 Å². The molecular formula is C22H26N4O5S2. The van der Waals surface area contributed by atoms with E-state index in [0.717, 1.165) is 32.1 Å². The number of esters is 1. The third-order valence-electron chi connectivity index (χ3n) is 5.71. The maximum atomic E-state index is 13.2. The number of sulfonamides is 1. The fourth-order valence-corrected chi connectivity index (χ4v) is 6.09. The zero-order valence-electron chi connectivity index (χ0n) is 18.3. The molecule has 1 aromatic heterocycles. The number of nitrogens with zero attached hydrogens (tertiary/aromatic N) is 3. The first kappa shape index (κ1) is 23.4. The number of benzene rings is 1. The summed E-state index contributed by atoms with van der Waals surface area (Å²) in [6.45, 7) is 1.60. The first-order valence-corrected chi connectivity index (χ1v) is 13.3. The van der Waals surface area contributed by atoms with Crippen LogP contribution in [0.3, 0.4) is 0 Å². The third-order valence-corrected chi connectivity index (χ3v) is 7.88. The van der Waals surface area contributed by atoms with Gasteiger partial charge in [0, 0.05) is 23.2 Å². The Hall–Kier alpha value is -2.79. The number of carbonyl (C=O) groups is 2. The van der Waals surface area contributed by atoms with Gasteiger partial charge in [0.1, 0.15) is 5.84 Å². The highest BCUT2D eigenvalue weighted by molar-refractivity contribution is 7.90. The van der Waals surface area contributed by atoms with Gasteiger partial charge in [-0.2, -0.15) is 0 Å². The lowest BCUT2D eigenvalue weighted by molar-refractivity contribution is -0.153. The van der Waals surface area contributed by atoms with Crippen molar-refractivity contribution in [3.63, 3.8) is 0 Å². The number of hydrogen-bond donors (Lipinski definition) is 1. The fraction of sp³-hybridized carbons (Fsp3) is 0.455. The Kier molecular flexibility index (Phi) is 7.08. The number of hydrogen-bond acceptors (Lipinski definition) is 8. The number of fused-ring (bicyclic) bond motifs is 1. The Morgan fingerprint density at radius 3 is 2.76 bits per heavy atom. The molecule has 4 rings (SSSR count). The second kappa shape index (κ2) is 10.0. The number of carbonyl (C=O) groups excluding carboxylic acids is 2. The molecule has 0 radical (unpaired) electrons. The maximum Gasteiger partial charge on any atom is 0.308 e. The molecule has 11 heteroatoms. The quantitative estimate of drug-likeness (QED) is 0.596. The SMILES string of the molecule is CC(OC(=O)CCN=C1NS(=O)(=O)c2ccccc21)C(=O)N(c1nccs1)C1CCCCC1. The molecule has 1 amide bonds. The number of nitrogens with one attached hydrogen (secondary N) is 1. The Balaban J connectivity index is 1.36. The molecule has 1 aliphatic heterocycles. The van der Waals surface area contributed by atoms with Gasteiger partial charge in [0.2, 0.25) is 0 Å². The predicted molar refractivity (Wildman–Crippen MR) is 125 cm³/mol. The van der Waals surface area contributed by atoms with Gasteiger partial charge in [0.25, 0.3) is 15.9 Å². The normalized spacial score (nSPS) is 19.5. The lowest BCUT2D eigenvalue weighted by Gasteiger charge is -2.33. The summed E-state index contributed by atoms with van der Waals surface area (Å²) >= 11 is 1.39. The van der Waals surface area contributed by atoms with Gasteiger partial charge < -0.3 is 4.74 Å². The molecule has 33 heavy (non-hydrogen) atoms. The van der Waals surface area contributed by atoms with Crippen LogP contribution >= 0.6 is 11.3 Å². The van der Waals surface area contributed by atoms with Crippen LogP contribution in [0, 0.1) is 0 Å². The molecule has 2 aliphatic rings. The number of aliphatic imine (C=N–C) groups is 1. The third kappa shape index (κ3) is 5.25. The summed E-state index contributed by atoms with van der Waals surface area (Å²) in [5, 5.41) is 2.44. The summed E-state index contributed by atoms with van der Waals surface area (Å²) in [5.41, 5.74) is 0.473. The Bertz CT molecular complexity index is 1140. The van der Waals surface area contributed by atoms with Gasteiger partial charge in [-0.25, -0.2) is 13.4 Å². The van der Waals surface area contributed by atoms with E-state index in [2.05, 4.69) is 14.7 Å². The van der Waals surface area contributed by atoms with Crippen molar-refractivity contribution in [1.29, 1.82) is 0 Å². The van der Waals surface area contributed by atoms with Crippen molar-refractivity contribution in [3.8, 4) is 0 Å². The molecule has 1 N–H and O–H groups in total. The van der Waals surface area contributed by atoms with E-state index in [1.54, 1.807) is 36.2 Å². The lowest BCUT2D eigenvalue weighted by atomic mass is 9.94. The molecule has 2 heterocycles. The monoisotopic (exact) mass is 490 g/mol. The lowest BCUT2D eigenvalue weighted by Crippen LogP contribution is -2.47. The van der Waals surface area contributed by atoms with E-state index in [9.17, 15) is 18.0 Å². The molecule has 0 spiro atoms.